The Morgan fingerprint density at radius 1 is 1.21 bits per heavy atom. The van der Waals surface area contributed by atoms with Crippen LogP contribution in [0.5, 0.6) is 0 Å². The van der Waals surface area contributed by atoms with Gasteiger partial charge in [-0.25, -0.2) is 9.97 Å². The molecule has 0 saturated heterocycles. The highest BCUT2D eigenvalue weighted by Crippen LogP contribution is 2.26. The smallest absolute Gasteiger partial charge is 0.232 e. The highest BCUT2D eigenvalue weighted by atomic mass is 35.5. The summed E-state index contributed by atoms with van der Waals surface area (Å²) in [6.07, 6.45) is 1.25. The molecule has 0 aliphatic rings. The second-order valence-corrected chi connectivity index (χ2v) is 4.68. The fourth-order valence-electron chi connectivity index (χ4n) is 1.55. The van der Waals surface area contributed by atoms with E-state index in [0.29, 0.717) is 0 Å². The molecule has 1 aromatic heterocycles. The maximum absolute atomic E-state index is 12.1. The molecule has 19 heavy (non-hydrogen) atoms. The molecule has 0 fully saturated rings. The van der Waals surface area contributed by atoms with Gasteiger partial charge in [-0.15, -0.1) is 0 Å². The standard InChI is InChI=1S/C13H11Cl2N3O/c1-8(9-5-3-2-4-6-9)13(19)18-12-10(14)11(15)16-7-17-12/h2-8H,1H3,(H,16,17,18,19). The molecule has 1 heterocycles. The van der Waals surface area contributed by atoms with Gasteiger partial charge in [-0.1, -0.05) is 53.5 Å². The highest BCUT2D eigenvalue weighted by molar-refractivity contribution is 6.42. The molecule has 0 aliphatic heterocycles. The lowest BCUT2D eigenvalue weighted by Gasteiger charge is -2.12. The maximum atomic E-state index is 12.1. The van der Waals surface area contributed by atoms with Gasteiger partial charge in [0.1, 0.15) is 11.3 Å². The van der Waals surface area contributed by atoms with E-state index in [4.69, 9.17) is 23.2 Å². The molecule has 98 valence electrons. The largest absolute Gasteiger partial charge is 0.309 e. The zero-order valence-corrected chi connectivity index (χ0v) is 11.6. The van der Waals surface area contributed by atoms with Gasteiger partial charge in [0, 0.05) is 0 Å². The summed E-state index contributed by atoms with van der Waals surface area (Å²) >= 11 is 11.7. The summed E-state index contributed by atoms with van der Waals surface area (Å²) in [4.78, 5) is 19.7. The summed E-state index contributed by atoms with van der Waals surface area (Å²) < 4.78 is 0. The van der Waals surface area contributed by atoms with E-state index in [2.05, 4.69) is 15.3 Å². The van der Waals surface area contributed by atoms with Crippen molar-refractivity contribution in [3.8, 4) is 0 Å². The van der Waals surface area contributed by atoms with Gasteiger partial charge in [0.25, 0.3) is 0 Å². The summed E-state index contributed by atoms with van der Waals surface area (Å²) in [6, 6.07) is 9.44. The normalized spacial score (nSPS) is 11.9. The van der Waals surface area contributed by atoms with Gasteiger partial charge in [-0.05, 0) is 12.5 Å². The zero-order chi connectivity index (χ0) is 13.8. The lowest BCUT2D eigenvalue weighted by atomic mass is 10.0. The van der Waals surface area contributed by atoms with E-state index < -0.39 is 0 Å². The molecule has 0 bridgehead atoms. The predicted octanol–water partition coefficient (Wildman–Crippen LogP) is 3.53. The Kier molecular flexibility index (Phi) is 4.35. The maximum Gasteiger partial charge on any atom is 0.232 e. The predicted molar refractivity (Wildman–Crippen MR) is 75.5 cm³/mol. The molecule has 1 unspecified atom stereocenters. The van der Waals surface area contributed by atoms with Gasteiger partial charge in [-0.2, -0.15) is 0 Å². The van der Waals surface area contributed by atoms with Crippen LogP contribution in [0.3, 0.4) is 0 Å². The van der Waals surface area contributed by atoms with E-state index in [9.17, 15) is 4.79 Å². The van der Waals surface area contributed by atoms with E-state index in [0.717, 1.165) is 5.56 Å². The van der Waals surface area contributed by atoms with Gasteiger partial charge in [0.05, 0.1) is 5.92 Å². The Balaban J connectivity index is 2.15. The molecule has 1 aromatic carbocycles. The van der Waals surface area contributed by atoms with Crippen molar-refractivity contribution in [2.45, 2.75) is 12.8 Å². The first-order valence-corrected chi connectivity index (χ1v) is 6.37. The number of aromatic nitrogens is 2. The molecular formula is C13H11Cl2N3O. The molecule has 0 saturated carbocycles. The van der Waals surface area contributed by atoms with Crippen molar-refractivity contribution in [2.24, 2.45) is 0 Å². The van der Waals surface area contributed by atoms with Crippen LogP contribution >= 0.6 is 23.2 Å². The topological polar surface area (TPSA) is 54.9 Å². The van der Waals surface area contributed by atoms with Crippen LogP contribution in [0, 0.1) is 0 Å². The number of nitrogens with zero attached hydrogens (tertiary/aromatic N) is 2. The molecule has 0 aliphatic carbocycles. The van der Waals surface area contributed by atoms with Crippen LogP contribution in [0.25, 0.3) is 0 Å². The molecule has 6 heteroatoms. The molecule has 2 aromatic rings. The van der Waals surface area contributed by atoms with E-state index in [1.165, 1.54) is 6.33 Å². The van der Waals surface area contributed by atoms with Crippen LogP contribution in [0.15, 0.2) is 36.7 Å². The van der Waals surface area contributed by atoms with Gasteiger partial charge >= 0.3 is 0 Å². The van der Waals surface area contributed by atoms with Crippen molar-refractivity contribution in [1.29, 1.82) is 0 Å². The van der Waals surface area contributed by atoms with Crippen molar-refractivity contribution < 1.29 is 4.79 Å². The Labute approximate surface area is 120 Å². The van der Waals surface area contributed by atoms with Crippen molar-refractivity contribution >= 4 is 34.9 Å². The van der Waals surface area contributed by atoms with Gasteiger partial charge in [0.2, 0.25) is 5.91 Å². The molecular weight excluding hydrogens is 285 g/mol. The van der Waals surface area contributed by atoms with Crippen LogP contribution in [0.2, 0.25) is 10.2 Å². The Morgan fingerprint density at radius 2 is 1.89 bits per heavy atom. The molecule has 0 radical (unpaired) electrons. The first-order valence-electron chi connectivity index (χ1n) is 5.61. The molecule has 1 N–H and O–H groups in total. The van der Waals surface area contributed by atoms with Crippen molar-refractivity contribution in [3.63, 3.8) is 0 Å². The first kappa shape index (κ1) is 13.8. The van der Waals surface area contributed by atoms with E-state index in [1.807, 2.05) is 30.3 Å². The van der Waals surface area contributed by atoms with Crippen molar-refractivity contribution in [3.05, 3.63) is 52.4 Å². The average molecular weight is 296 g/mol. The van der Waals surface area contributed by atoms with Crippen molar-refractivity contribution in [1.82, 2.24) is 9.97 Å². The fourth-order valence-corrected chi connectivity index (χ4v) is 1.83. The molecule has 2 rings (SSSR count). The molecule has 0 spiro atoms. The Bertz CT molecular complexity index is 590. The van der Waals surface area contributed by atoms with E-state index >= 15 is 0 Å². The second-order valence-electron chi connectivity index (χ2n) is 3.95. The molecule has 4 nitrogen and oxygen atoms in total. The summed E-state index contributed by atoms with van der Waals surface area (Å²) in [5.74, 6) is -0.302. The number of anilines is 1. The van der Waals surface area contributed by atoms with Crippen LogP contribution in [0.4, 0.5) is 5.82 Å². The summed E-state index contributed by atoms with van der Waals surface area (Å²) in [5.41, 5.74) is 0.913. The number of nitrogens with one attached hydrogen (secondary N) is 1. The Morgan fingerprint density at radius 3 is 2.58 bits per heavy atom. The van der Waals surface area contributed by atoms with Crippen LogP contribution in [0.1, 0.15) is 18.4 Å². The van der Waals surface area contributed by atoms with Crippen LogP contribution in [-0.2, 0) is 4.79 Å². The number of carbonyl (C=O) groups is 1. The van der Waals surface area contributed by atoms with E-state index in [-0.39, 0.29) is 27.8 Å². The third-order valence-corrected chi connectivity index (χ3v) is 3.42. The number of hydrogen-bond acceptors (Lipinski definition) is 3. The van der Waals surface area contributed by atoms with Crippen LogP contribution in [-0.4, -0.2) is 15.9 Å². The average Bonchev–Trinajstić information content (AvgIpc) is 2.44. The number of carbonyl (C=O) groups excluding carboxylic acids is 1. The summed E-state index contributed by atoms with van der Waals surface area (Å²) in [5, 5.41) is 2.89. The van der Waals surface area contributed by atoms with E-state index in [1.54, 1.807) is 6.92 Å². The van der Waals surface area contributed by atoms with Gasteiger partial charge in [-0.3, -0.25) is 4.79 Å². The second kappa shape index (κ2) is 5.99. The van der Waals surface area contributed by atoms with Gasteiger partial charge < -0.3 is 5.32 Å². The minimum Gasteiger partial charge on any atom is -0.309 e. The summed E-state index contributed by atoms with van der Waals surface area (Å²) in [6.45, 7) is 1.81. The number of rotatable bonds is 3. The van der Waals surface area contributed by atoms with Crippen LogP contribution < -0.4 is 5.32 Å². The number of amides is 1. The lowest BCUT2D eigenvalue weighted by molar-refractivity contribution is -0.117. The first-order chi connectivity index (χ1) is 9.09. The van der Waals surface area contributed by atoms with Gasteiger partial charge in [0.15, 0.2) is 11.0 Å². The number of hydrogen-bond donors (Lipinski definition) is 1. The zero-order valence-electron chi connectivity index (χ0n) is 10.1. The third kappa shape index (κ3) is 3.22. The van der Waals surface area contributed by atoms with Crippen molar-refractivity contribution in [2.75, 3.05) is 5.32 Å². The molecule has 1 amide bonds. The third-order valence-electron chi connectivity index (χ3n) is 2.68. The SMILES string of the molecule is CC(C(=O)Nc1ncnc(Cl)c1Cl)c1ccccc1. The summed E-state index contributed by atoms with van der Waals surface area (Å²) in [7, 11) is 0. The molecule has 1 atom stereocenters. The fraction of sp³-hybridized carbons (Fsp3) is 0.154. The highest BCUT2D eigenvalue weighted by Gasteiger charge is 2.17. The minimum atomic E-state index is -0.314. The number of benzene rings is 1. The Hall–Kier alpha value is -1.65. The monoisotopic (exact) mass is 295 g/mol. The lowest BCUT2D eigenvalue weighted by Crippen LogP contribution is -2.19. The minimum absolute atomic E-state index is 0.110. The quantitative estimate of drug-likeness (QED) is 0.882. The number of halogens is 2.